The number of carboxylic acid groups (broad SMARTS) is 1. The average Bonchev–Trinajstić information content (AvgIpc) is 2.28. The Morgan fingerprint density at radius 2 is 1.76 bits per heavy atom. The fourth-order valence-electron chi connectivity index (χ4n) is 2.31. The molecule has 0 aliphatic rings. The third kappa shape index (κ3) is 4.73. The molecule has 0 amide bonds. The second-order valence-corrected chi connectivity index (χ2v) is 4.49. The van der Waals surface area contributed by atoms with Gasteiger partial charge < -0.3 is 18.1 Å². The van der Waals surface area contributed by atoms with Gasteiger partial charge in [0.25, 0.3) is 0 Å². The number of nitrogens with zero attached hydrogens (tertiary/aromatic N) is 3. The topological polar surface area (TPSA) is 86.1 Å². The van der Waals surface area contributed by atoms with Gasteiger partial charge in [-0.25, -0.2) is 4.79 Å². The van der Waals surface area contributed by atoms with E-state index < -0.39 is 19.3 Å². The van der Waals surface area contributed by atoms with Gasteiger partial charge in [-0.15, -0.1) is 0 Å². The molecule has 0 saturated heterocycles. The molecule has 0 unspecified atom stereocenters. The number of benzene rings is 1. The molecule has 0 heterocycles. The Bertz CT molecular complexity index is 599. The molecule has 1 aromatic carbocycles. The maximum Gasteiger partial charge on any atom is 1.00 e. The zero-order valence-corrected chi connectivity index (χ0v) is 15.2. The number of aromatic carboxylic acids is 1. The molecule has 10 heteroatoms. The van der Waals surface area contributed by atoms with Crippen LogP contribution >= 0.6 is 0 Å². The van der Waals surface area contributed by atoms with E-state index in [2.05, 4.69) is 10.0 Å². The van der Waals surface area contributed by atoms with Gasteiger partial charge in [0, 0.05) is 10.6 Å². The molecule has 1 N–H and O–H groups in total. The fraction of sp³-hybridized carbons (Fsp3) is 0.364. The van der Waals surface area contributed by atoms with E-state index in [1.165, 1.54) is 20.8 Å². The summed E-state index contributed by atoms with van der Waals surface area (Å²) in [4.78, 5) is 13.8. The maximum atomic E-state index is 12.7. The van der Waals surface area contributed by atoms with Crippen molar-refractivity contribution >= 4 is 18.6 Å². The monoisotopic (exact) mass is 325 g/mol. The summed E-state index contributed by atoms with van der Waals surface area (Å²) in [6, 6.07) is 0. The molecule has 0 atom stereocenters. The minimum Gasteiger partial charge on any atom is -0.478 e. The second-order valence-electron chi connectivity index (χ2n) is 4.49. The molecule has 1 rings (SSSR count). The Balaban J connectivity index is 0.00000400. The molecule has 0 radical (unpaired) electrons. The van der Waals surface area contributed by atoms with Crippen LogP contribution in [-0.2, 0) is 6.32 Å². The molecule has 21 heavy (non-hydrogen) atoms. The smallest absolute Gasteiger partial charge is 0.478 e. The SMILES string of the molecule is Cc1c(C[B-](F)(F)F)c(C)c(C(=O)O)c(C)c1N=[N+]=[N-].[K+]. The summed E-state index contributed by atoms with van der Waals surface area (Å²) in [6.07, 6.45) is -1.20. The van der Waals surface area contributed by atoms with Gasteiger partial charge in [0.2, 0.25) is 0 Å². The quantitative estimate of drug-likeness (QED) is 0.390. The van der Waals surface area contributed by atoms with Gasteiger partial charge >= 0.3 is 64.3 Å². The van der Waals surface area contributed by atoms with Crippen LogP contribution in [0.15, 0.2) is 5.11 Å². The molecule has 108 valence electrons. The van der Waals surface area contributed by atoms with Crippen LogP contribution in [0, 0.1) is 20.8 Å². The molecule has 0 spiro atoms. The molecule has 0 aliphatic heterocycles. The molecule has 0 fully saturated rings. The first-order valence-corrected chi connectivity index (χ1v) is 5.72. The Hall–Kier alpha value is -0.509. The Morgan fingerprint density at radius 3 is 2.14 bits per heavy atom. The first-order chi connectivity index (χ1) is 9.10. The van der Waals surface area contributed by atoms with Crippen LogP contribution in [0.2, 0.25) is 0 Å². The second kappa shape index (κ2) is 7.66. The van der Waals surface area contributed by atoms with Gasteiger partial charge in [0.15, 0.2) is 0 Å². The van der Waals surface area contributed by atoms with Crippen molar-refractivity contribution in [1.82, 2.24) is 0 Å². The van der Waals surface area contributed by atoms with Gasteiger partial charge in [-0.3, -0.25) is 0 Å². The number of hydrogen-bond acceptors (Lipinski definition) is 2. The van der Waals surface area contributed by atoms with Crippen LogP contribution in [0.5, 0.6) is 0 Å². The number of rotatable bonds is 4. The van der Waals surface area contributed by atoms with E-state index in [1.807, 2.05) is 0 Å². The van der Waals surface area contributed by atoms with Crippen LogP contribution in [0.4, 0.5) is 18.6 Å². The van der Waals surface area contributed by atoms with E-state index in [9.17, 15) is 17.7 Å². The van der Waals surface area contributed by atoms with Crippen molar-refractivity contribution in [3.63, 3.8) is 0 Å². The zero-order chi connectivity index (χ0) is 15.7. The van der Waals surface area contributed by atoms with E-state index in [1.54, 1.807) is 0 Å². The molecule has 1 aromatic rings. The molecular weight excluding hydrogens is 313 g/mol. The van der Waals surface area contributed by atoms with Gasteiger partial charge in [-0.1, -0.05) is 17.0 Å². The van der Waals surface area contributed by atoms with Crippen LogP contribution in [0.25, 0.3) is 10.4 Å². The van der Waals surface area contributed by atoms with Gasteiger partial charge in [0.05, 0.1) is 5.56 Å². The van der Waals surface area contributed by atoms with Crippen LogP contribution < -0.4 is 51.4 Å². The number of azide groups is 1. The van der Waals surface area contributed by atoms with Crippen molar-refractivity contribution < 1.29 is 74.2 Å². The third-order valence-electron chi connectivity index (χ3n) is 3.16. The summed E-state index contributed by atoms with van der Waals surface area (Å²) in [6.45, 7) is -0.980. The summed E-state index contributed by atoms with van der Waals surface area (Å²) >= 11 is 0. The first-order valence-electron chi connectivity index (χ1n) is 5.72. The minimum absolute atomic E-state index is 0. The van der Waals surface area contributed by atoms with Crippen molar-refractivity contribution in [2.45, 2.75) is 27.1 Å². The van der Waals surface area contributed by atoms with E-state index in [4.69, 9.17) is 10.6 Å². The fourth-order valence-corrected chi connectivity index (χ4v) is 2.31. The predicted molar refractivity (Wildman–Crippen MR) is 69.2 cm³/mol. The normalized spacial score (nSPS) is 10.6. The van der Waals surface area contributed by atoms with Crippen molar-refractivity contribution in [3.05, 3.63) is 38.3 Å². The number of hydrogen-bond donors (Lipinski definition) is 1. The van der Waals surface area contributed by atoms with E-state index in [-0.39, 0.29) is 84.9 Å². The molecule has 0 saturated carbocycles. The average molecular weight is 325 g/mol. The molecule has 5 nitrogen and oxygen atoms in total. The van der Waals surface area contributed by atoms with Crippen LogP contribution in [0.3, 0.4) is 0 Å². The van der Waals surface area contributed by atoms with Gasteiger partial charge in [-0.2, -0.15) is 0 Å². The maximum absolute atomic E-state index is 12.7. The zero-order valence-electron chi connectivity index (χ0n) is 12.1. The van der Waals surface area contributed by atoms with Crippen LogP contribution in [-0.4, -0.2) is 18.1 Å². The summed E-state index contributed by atoms with van der Waals surface area (Å²) in [5.41, 5.74) is 8.45. The molecule has 0 aromatic heterocycles. The molecule has 0 aliphatic carbocycles. The van der Waals surface area contributed by atoms with Crippen molar-refractivity contribution in [1.29, 1.82) is 0 Å². The predicted octanol–water partition coefficient (Wildman–Crippen LogP) is 1.18. The Morgan fingerprint density at radius 1 is 1.24 bits per heavy atom. The molecular formula is C11H12BF3KN3O2. The summed E-state index contributed by atoms with van der Waals surface area (Å²) in [7, 11) is 0. The summed E-state index contributed by atoms with van der Waals surface area (Å²) in [5.74, 6) is -1.34. The Labute approximate surface area is 162 Å². The van der Waals surface area contributed by atoms with Crippen LogP contribution in [0.1, 0.15) is 32.6 Å². The van der Waals surface area contributed by atoms with Gasteiger partial charge in [0.1, 0.15) is 0 Å². The number of halogens is 3. The molecule has 0 bridgehead atoms. The summed E-state index contributed by atoms with van der Waals surface area (Å²) < 4.78 is 38.0. The third-order valence-corrected chi connectivity index (χ3v) is 3.16. The van der Waals surface area contributed by atoms with Crippen molar-refractivity contribution in [3.8, 4) is 0 Å². The largest absolute Gasteiger partial charge is 1.00 e. The Kier molecular flexibility index (Phi) is 7.48. The van der Waals surface area contributed by atoms with E-state index >= 15 is 0 Å². The minimum atomic E-state index is -5.12. The standard InChI is InChI=1S/C11H12BF3N3O2.K/c1-5-8(4-12(13,14)15)6(2)10(17-18-16)7(3)9(5)11(19)20;/h4H2,1-3H3,(H,19,20);/q-1;+1. The van der Waals surface area contributed by atoms with Crippen molar-refractivity contribution in [2.24, 2.45) is 5.11 Å². The number of carbonyl (C=O) groups is 1. The summed E-state index contributed by atoms with van der Waals surface area (Å²) in [5, 5.41) is 12.5. The number of carboxylic acids is 1. The van der Waals surface area contributed by atoms with Crippen molar-refractivity contribution in [2.75, 3.05) is 0 Å². The van der Waals surface area contributed by atoms with E-state index in [0.29, 0.717) is 0 Å². The van der Waals surface area contributed by atoms with E-state index in [0.717, 1.165) is 0 Å². The first kappa shape index (κ1) is 20.5. The van der Waals surface area contributed by atoms with Gasteiger partial charge in [-0.05, 0) is 43.0 Å².